The van der Waals surface area contributed by atoms with Crippen molar-refractivity contribution < 1.29 is 9.13 Å². The Bertz CT molecular complexity index is 851. The first kappa shape index (κ1) is 16.1. The molecule has 0 N–H and O–H groups in total. The minimum atomic E-state index is -1.06. The summed E-state index contributed by atoms with van der Waals surface area (Å²) in [5.41, 5.74) is 2.22. The average Bonchev–Trinajstić information content (AvgIpc) is 3.21. The van der Waals surface area contributed by atoms with Crippen LogP contribution in [0, 0.1) is 0 Å². The molecule has 1 aliphatic heterocycles. The third-order valence-electron chi connectivity index (χ3n) is 4.36. The van der Waals surface area contributed by atoms with Gasteiger partial charge in [-0.3, -0.25) is 0 Å². The Kier molecular flexibility index (Phi) is 4.44. The van der Waals surface area contributed by atoms with E-state index in [9.17, 15) is 4.39 Å². The van der Waals surface area contributed by atoms with Crippen LogP contribution in [0.25, 0.3) is 0 Å². The van der Waals surface area contributed by atoms with E-state index in [0.29, 0.717) is 17.4 Å². The summed E-state index contributed by atoms with van der Waals surface area (Å²) < 4.78 is 21.3. The lowest BCUT2D eigenvalue weighted by atomic mass is 10.0. The van der Waals surface area contributed by atoms with E-state index >= 15 is 0 Å². The van der Waals surface area contributed by atoms with Crippen LogP contribution >= 0.6 is 11.8 Å². The van der Waals surface area contributed by atoms with Crippen molar-refractivity contribution in [2.45, 2.75) is 29.5 Å². The number of benzene rings is 2. The highest BCUT2D eigenvalue weighted by molar-refractivity contribution is 7.98. The SMILES string of the molecule is COc1ccc(CSc2nc3n(n2)[C@H](c2ccccc2)C[C@@H]3F)cc1. The zero-order chi connectivity index (χ0) is 17.2. The lowest BCUT2D eigenvalue weighted by molar-refractivity contribution is 0.327. The second-order valence-electron chi connectivity index (χ2n) is 5.96. The molecule has 4 rings (SSSR count). The number of aromatic nitrogens is 3. The topological polar surface area (TPSA) is 39.9 Å². The zero-order valence-corrected chi connectivity index (χ0v) is 14.6. The van der Waals surface area contributed by atoms with E-state index in [0.717, 1.165) is 22.6 Å². The summed E-state index contributed by atoms with van der Waals surface area (Å²) in [5.74, 6) is 2.00. The molecule has 1 aliphatic rings. The van der Waals surface area contributed by atoms with E-state index in [1.807, 2.05) is 54.6 Å². The molecule has 0 unspecified atom stereocenters. The van der Waals surface area contributed by atoms with Gasteiger partial charge in [-0.05, 0) is 23.3 Å². The number of hydrogen-bond acceptors (Lipinski definition) is 4. The number of methoxy groups -OCH3 is 1. The van der Waals surface area contributed by atoms with Crippen LogP contribution in [-0.4, -0.2) is 21.9 Å². The summed E-state index contributed by atoms with van der Waals surface area (Å²) in [4.78, 5) is 4.41. The maximum absolute atomic E-state index is 14.4. The molecular weight excluding hydrogens is 337 g/mol. The van der Waals surface area contributed by atoms with Crippen molar-refractivity contribution >= 4 is 11.8 Å². The molecule has 0 fully saturated rings. The molecule has 0 aliphatic carbocycles. The first-order chi connectivity index (χ1) is 12.2. The fourth-order valence-corrected chi connectivity index (χ4v) is 3.83. The molecule has 2 aromatic carbocycles. The molecule has 0 spiro atoms. The normalized spacial score (nSPS) is 19.0. The molecule has 3 aromatic rings. The quantitative estimate of drug-likeness (QED) is 0.628. The Morgan fingerprint density at radius 1 is 1.16 bits per heavy atom. The van der Waals surface area contributed by atoms with Gasteiger partial charge in [0.1, 0.15) is 5.75 Å². The number of fused-ring (bicyclic) bond motifs is 1. The predicted octanol–water partition coefficient (Wildman–Crippen LogP) is 4.58. The molecule has 4 nitrogen and oxygen atoms in total. The van der Waals surface area contributed by atoms with Crippen LogP contribution in [0.2, 0.25) is 0 Å². The minimum Gasteiger partial charge on any atom is -0.497 e. The van der Waals surface area contributed by atoms with E-state index in [1.165, 1.54) is 11.8 Å². The molecule has 0 saturated carbocycles. The van der Waals surface area contributed by atoms with E-state index in [1.54, 1.807) is 11.8 Å². The summed E-state index contributed by atoms with van der Waals surface area (Å²) in [5, 5.41) is 5.17. The number of ether oxygens (including phenoxy) is 1. The summed E-state index contributed by atoms with van der Waals surface area (Å²) in [6.45, 7) is 0. The van der Waals surface area contributed by atoms with Crippen molar-refractivity contribution in [1.82, 2.24) is 14.8 Å². The molecule has 1 aromatic heterocycles. The second kappa shape index (κ2) is 6.88. The van der Waals surface area contributed by atoms with Gasteiger partial charge in [-0.25, -0.2) is 14.1 Å². The van der Waals surface area contributed by atoms with Gasteiger partial charge in [-0.2, -0.15) is 0 Å². The number of alkyl halides is 1. The Morgan fingerprint density at radius 3 is 2.64 bits per heavy atom. The molecule has 0 bridgehead atoms. The van der Waals surface area contributed by atoms with Crippen molar-refractivity contribution in [3.05, 3.63) is 71.5 Å². The van der Waals surface area contributed by atoms with Crippen LogP contribution in [0.3, 0.4) is 0 Å². The zero-order valence-electron chi connectivity index (χ0n) is 13.8. The third kappa shape index (κ3) is 3.26. The molecule has 0 radical (unpaired) electrons. The standard InChI is InChI=1S/C19H18FN3OS/c1-24-15-9-7-13(8-10-15)12-25-19-21-18-16(20)11-17(23(18)22-19)14-5-3-2-4-6-14/h2-10,16-17H,11-12H2,1H3/t16-,17-/m0/s1. The van der Waals surface area contributed by atoms with Gasteiger partial charge in [0.2, 0.25) is 5.16 Å². The number of halogens is 1. The van der Waals surface area contributed by atoms with Crippen LogP contribution < -0.4 is 4.74 Å². The number of hydrogen-bond donors (Lipinski definition) is 0. The second-order valence-corrected chi connectivity index (χ2v) is 6.91. The predicted molar refractivity (Wildman–Crippen MR) is 95.6 cm³/mol. The summed E-state index contributed by atoms with van der Waals surface area (Å²) in [6.07, 6.45) is -0.656. The van der Waals surface area contributed by atoms with Gasteiger partial charge in [-0.15, -0.1) is 5.10 Å². The van der Waals surface area contributed by atoms with Gasteiger partial charge in [0.05, 0.1) is 13.2 Å². The monoisotopic (exact) mass is 355 g/mol. The number of thioether (sulfide) groups is 1. The van der Waals surface area contributed by atoms with Gasteiger partial charge in [-0.1, -0.05) is 54.2 Å². The van der Waals surface area contributed by atoms with Gasteiger partial charge >= 0.3 is 0 Å². The molecule has 2 atom stereocenters. The van der Waals surface area contributed by atoms with Crippen LogP contribution in [0.4, 0.5) is 4.39 Å². The van der Waals surface area contributed by atoms with Crippen LogP contribution in [0.5, 0.6) is 5.75 Å². The van der Waals surface area contributed by atoms with E-state index in [-0.39, 0.29) is 6.04 Å². The smallest absolute Gasteiger partial charge is 0.209 e. The minimum absolute atomic E-state index is 0.0750. The van der Waals surface area contributed by atoms with E-state index in [2.05, 4.69) is 10.1 Å². The van der Waals surface area contributed by atoms with Crippen LogP contribution in [0.1, 0.15) is 35.6 Å². The number of nitrogens with zero attached hydrogens (tertiary/aromatic N) is 3. The highest BCUT2D eigenvalue weighted by atomic mass is 32.2. The fourth-order valence-electron chi connectivity index (χ4n) is 3.04. The molecule has 0 saturated heterocycles. The van der Waals surface area contributed by atoms with Crippen LogP contribution in [-0.2, 0) is 5.75 Å². The summed E-state index contributed by atoms with van der Waals surface area (Å²) in [7, 11) is 1.65. The lowest BCUT2D eigenvalue weighted by Gasteiger charge is -2.11. The Hall–Kier alpha value is -2.34. The van der Waals surface area contributed by atoms with Gasteiger partial charge < -0.3 is 4.74 Å². The highest BCUT2D eigenvalue weighted by Crippen LogP contribution is 2.40. The molecule has 25 heavy (non-hydrogen) atoms. The average molecular weight is 355 g/mol. The Morgan fingerprint density at radius 2 is 1.92 bits per heavy atom. The molecule has 6 heteroatoms. The fraction of sp³-hybridized carbons (Fsp3) is 0.263. The van der Waals surface area contributed by atoms with Crippen molar-refractivity contribution in [3.8, 4) is 5.75 Å². The van der Waals surface area contributed by atoms with Gasteiger partial charge in [0, 0.05) is 12.2 Å². The number of rotatable bonds is 5. The maximum atomic E-state index is 14.4. The Labute approximate surface area is 150 Å². The summed E-state index contributed by atoms with van der Waals surface area (Å²) in [6, 6.07) is 17.7. The van der Waals surface area contributed by atoms with Crippen LogP contribution in [0.15, 0.2) is 59.8 Å². The molecule has 0 amide bonds. The van der Waals surface area contributed by atoms with Crippen molar-refractivity contribution in [1.29, 1.82) is 0 Å². The molecular formula is C19H18FN3OS. The Balaban J connectivity index is 1.50. The van der Waals surface area contributed by atoms with E-state index in [4.69, 9.17) is 4.74 Å². The largest absolute Gasteiger partial charge is 0.497 e. The maximum Gasteiger partial charge on any atom is 0.209 e. The lowest BCUT2D eigenvalue weighted by Crippen LogP contribution is -2.07. The van der Waals surface area contributed by atoms with E-state index < -0.39 is 6.17 Å². The van der Waals surface area contributed by atoms with Crippen molar-refractivity contribution in [2.75, 3.05) is 7.11 Å². The summed E-state index contributed by atoms with van der Waals surface area (Å²) >= 11 is 1.52. The third-order valence-corrected chi connectivity index (χ3v) is 5.26. The van der Waals surface area contributed by atoms with Crippen molar-refractivity contribution in [3.63, 3.8) is 0 Å². The van der Waals surface area contributed by atoms with Crippen molar-refractivity contribution in [2.24, 2.45) is 0 Å². The van der Waals surface area contributed by atoms with Gasteiger partial charge in [0.15, 0.2) is 12.0 Å². The molecule has 128 valence electrons. The molecule has 2 heterocycles. The van der Waals surface area contributed by atoms with Gasteiger partial charge in [0.25, 0.3) is 0 Å². The highest BCUT2D eigenvalue weighted by Gasteiger charge is 2.35. The first-order valence-electron chi connectivity index (χ1n) is 8.16. The first-order valence-corrected chi connectivity index (χ1v) is 9.14.